The standard InChI is InChI=1S/C21H13ClF3N3S/c1-12-8-16-18(7-6-13(9-26)19(16)21(23,24)25)28(12)10-14-11-29-20(27-14)15-4-2-3-5-17(15)22/h2-8,11H,10H2,1H3. The number of fused-ring (bicyclic) bond motifs is 1. The highest BCUT2D eigenvalue weighted by Gasteiger charge is 2.36. The molecule has 0 amide bonds. The van der Waals surface area contributed by atoms with Crippen LogP contribution in [-0.4, -0.2) is 9.55 Å². The molecular formula is C21H13ClF3N3S. The SMILES string of the molecule is Cc1cc2c(C(F)(F)F)c(C#N)ccc2n1Cc1csc(-c2ccccc2Cl)n1. The van der Waals surface area contributed by atoms with Gasteiger partial charge in [0.25, 0.3) is 0 Å². The molecule has 0 unspecified atom stereocenters. The minimum Gasteiger partial charge on any atom is -0.339 e. The van der Waals surface area contributed by atoms with E-state index in [1.807, 2.05) is 23.6 Å². The topological polar surface area (TPSA) is 41.6 Å². The van der Waals surface area contributed by atoms with Gasteiger partial charge in [0.1, 0.15) is 5.01 Å². The van der Waals surface area contributed by atoms with Crippen LogP contribution in [0.25, 0.3) is 21.5 Å². The van der Waals surface area contributed by atoms with Crippen LogP contribution < -0.4 is 0 Å². The van der Waals surface area contributed by atoms with E-state index in [2.05, 4.69) is 4.98 Å². The highest BCUT2D eigenvalue weighted by Crippen LogP contribution is 2.39. The second-order valence-electron chi connectivity index (χ2n) is 6.53. The lowest BCUT2D eigenvalue weighted by Crippen LogP contribution is -2.09. The minimum absolute atomic E-state index is 0.0237. The second-order valence-corrected chi connectivity index (χ2v) is 7.79. The van der Waals surface area contributed by atoms with Crippen molar-refractivity contribution in [2.45, 2.75) is 19.6 Å². The lowest BCUT2D eigenvalue weighted by molar-refractivity contribution is -0.136. The lowest BCUT2D eigenvalue weighted by atomic mass is 10.0. The van der Waals surface area contributed by atoms with Gasteiger partial charge in [0.05, 0.1) is 34.5 Å². The molecule has 2 heterocycles. The number of nitrogens with zero attached hydrogens (tertiary/aromatic N) is 3. The third-order valence-electron chi connectivity index (χ3n) is 4.67. The van der Waals surface area contributed by atoms with Crippen molar-refractivity contribution < 1.29 is 13.2 Å². The maximum absolute atomic E-state index is 13.6. The van der Waals surface area contributed by atoms with E-state index in [4.69, 9.17) is 16.9 Å². The van der Waals surface area contributed by atoms with Gasteiger partial charge in [0.15, 0.2) is 0 Å². The summed E-state index contributed by atoms with van der Waals surface area (Å²) in [6, 6.07) is 13.3. The van der Waals surface area contributed by atoms with Crippen LogP contribution in [0.2, 0.25) is 5.02 Å². The molecule has 0 spiro atoms. The van der Waals surface area contributed by atoms with E-state index in [-0.39, 0.29) is 10.9 Å². The minimum atomic E-state index is -4.61. The first kappa shape index (κ1) is 19.5. The van der Waals surface area contributed by atoms with Crippen LogP contribution in [0.3, 0.4) is 0 Å². The summed E-state index contributed by atoms with van der Waals surface area (Å²) in [5.74, 6) is 0. The second kappa shape index (κ2) is 7.21. The Hall–Kier alpha value is -2.82. The molecule has 3 nitrogen and oxygen atoms in total. The average molecular weight is 432 g/mol. The van der Waals surface area contributed by atoms with Crippen molar-refractivity contribution in [2.75, 3.05) is 0 Å². The van der Waals surface area contributed by atoms with Crippen LogP contribution in [0, 0.1) is 18.3 Å². The molecule has 0 N–H and O–H groups in total. The molecule has 146 valence electrons. The number of hydrogen-bond acceptors (Lipinski definition) is 3. The lowest BCUT2D eigenvalue weighted by Gasteiger charge is -2.11. The molecule has 4 aromatic rings. The molecule has 2 aromatic heterocycles. The predicted molar refractivity (Wildman–Crippen MR) is 108 cm³/mol. The average Bonchev–Trinajstić information content (AvgIpc) is 3.25. The van der Waals surface area contributed by atoms with E-state index in [1.165, 1.54) is 23.5 Å². The van der Waals surface area contributed by atoms with Gasteiger partial charge in [-0.25, -0.2) is 4.98 Å². The molecule has 0 saturated heterocycles. The Labute approximate surface area is 173 Å². The van der Waals surface area contributed by atoms with E-state index in [0.717, 1.165) is 16.3 Å². The maximum Gasteiger partial charge on any atom is 0.418 e. The van der Waals surface area contributed by atoms with Crippen molar-refractivity contribution in [3.05, 3.63) is 75.4 Å². The number of alkyl halides is 3. The number of benzene rings is 2. The third-order valence-corrected chi connectivity index (χ3v) is 5.93. The molecule has 0 aliphatic rings. The van der Waals surface area contributed by atoms with E-state index < -0.39 is 11.7 Å². The van der Waals surface area contributed by atoms with Gasteiger partial charge >= 0.3 is 6.18 Å². The molecule has 0 fully saturated rings. The number of hydrogen-bond donors (Lipinski definition) is 0. The summed E-state index contributed by atoms with van der Waals surface area (Å²) >= 11 is 7.66. The summed E-state index contributed by atoms with van der Waals surface area (Å²) in [5.41, 5.74) is 1.35. The number of rotatable bonds is 3. The van der Waals surface area contributed by atoms with Crippen LogP contribution in [0.5, 0.6) is 0 Å². The van der Waals surface area contributed by atoms with E-state index in [9.17, 15) is 13.2 Å². The fourth-order valence-electron chi connectivity index (χ4n) is 3.38. The molecule has 0 aliphatic carbocycles. The molecule has 8 heteroatoms. The Morgan fingerprint density at radius 2 is 1.97 bits per heavy atom. The van der Waals surface area contributed by atoms with Gasteiger partial charge in [-0.3, -0.25) is 0 Å². The molecule has 0 radical (unpaired) electrons. The van der Waals surface area contributed by atoms with Gasteiger partial charge in [-0.05, 0) is 31.2 Å². The van der Waals surface area contributed by atoms with E-state index in [0.29, 0.717) is 22.8 Å². The molecule has 0 bridgehead atoms. The van der Waals surface area contributed by atoms with Crippen molar-refractivity contribution >= 4 is 33.8 Å². The molecule has 0 saturated carbocycles. The Bertz CT molecular complexity index is 1260. The molecule has 2 aromatic carbocycles. The molecular weight excluding hydrogens is 419 g/mol. The van der Waals surface area contributed by atoms with Gasteiger partial charge in [0.2, 0.25) is 0 Å². The number of nitriles is 1. The maximum atomic E-state index is 13.6. The molecule has 0 aliphatic heterocycles. The monoisotopic (exact) mass is 431 g/mol. The van der Waals surface area contributed by atoms with Gasteiger partial charge < -0.3 is 4.57 Å². The zero-order chi connectivity index (χ0) is 20.8. The van der Waals surface area contributed by atoms with Gasteiger partial charge in [-0.1, -0.05) is 29.8 Å². The normalized spacial score (nSPS) is 11.7. The molecule has 29 heavy (non-hydrogen) atoms. The van der Waals surface area contributed by atoms with Crippen LogP contribution in [0.4, 0.5) is 13.2 Å². The van der Waals surface area contributed by atoms with Crippen LogP contribution in [-0.2, 0) is 12.7 Å². The zero-order valence-corrected chi connectivity index (χ0v) is 16.7. The molecule has 4 rings (SSSR count). The molecule has 0 atom stereocenters. The third kappa shape index (κ3) is 3.50. The largest absolute Gasteiger partial charge is 0.418 e. The number of aromatic nitrogens is 2. The van der Waals surface area contributed by atoms with Crippen LogP contribution in [0.15, 0.2) is 47.8 Å². The van der Waals surface area contributed by atoms with Gasteiger partial charge in [-0.15, -0.1) is 11.3 Å². The summed E-state index contributed by atoms with van der Waals surface area (Å²) in [5, 5.41) is 12.4. The predicted octanol–water partition coefficient (Wildman–Crippen LogP) is 6.67. The zero-order valence-electron chi connectivity index (χ0n) is 15.1. The van der Waals surface area contributed by atoms with Gasteiger partial charge in [0, 0.05) is 27.5 Å². The quantitative estimate of drug-likeness (QED) is 0.363. The van der Waals surface area contributed by atoms with Crippen molar-refractivity contribution in [1.82, 2.24) is 9.55 Å². The van der Waals surface area contributed by atoms with E-state index in [1.54, 1.807) is 29.7 Å². The van der Waals surface area contributed by atoms with Gasteiger partial charge in [-0.2, -0.15) is 18.4 Å². The fraction of sp³-hybridized carbons (Fsp3) is 0.143. The first-order chi connectivity index (χ1) is 13.8. The first-order valence-corrected chi connectivity index (χ1v) is 9.85. The summed E-state index contributed by atoms with van der Waals surface area (Å²) in [7, 11) is 0. The highest BCUT2D eigenvalue weighted by atomic mass is 35.5. The number of halogens is 4. The van der Waals surface area contributed by atoms with Crippen LogP contribution >= 0.6 is 22.9 Å². The fourth-order valence-corrected chi connectivity index (χ4v) is 4.51. The van der Waals surface area contributed by atoms with E-state index >= 15 is 0 Å². The Morgan fingerprint density at radius 3 is 2.66 bits per heavy atom. The smallest absolute Gasteiger partial charge is 0.339 e. The Balaban J connectivity index is 1.78. The summed E-state index contributed by atoms with van der Waals surface area (Å²) in [6.07, 6.45) is -4.61. The number of aryl methyl sites for hydroxylation is 1. The first-order valence-electron chi connectivity index (χ1n) is 8.59. The van der Waals surface area contributed by atoms with Crippen molar-refractivity contribution in [3.63, 3.8) is 0 Å². The Morgan fingerprint density at radius 1 is 1.21 bits per heavy atom. The Kier molecular flexibility index (Phi) is 4.85. The summed E-state index contributed by atoms with van der Waals surface area (Å²) in [4.78, 5) is 4.61. The van der Waals surface area contributed by atoms with Crippen molar-refractivity contribution in [2.24, 2.45) is 0 Å². The van der Waals surface area contributed by atoms with Crippen molar-refractivity contribution in [1.29, 1.82) is 5.26 Å². The highest BCUT2D eigenvalue weighted by molar-refractivity contribution is 7.13. The summed E-state index contributed by atoms with van der Waals surface area (Å²) in [6.45, 7) is 2.06. The summed E-state index contributed by atoms with van der Waals surface area (Å²) < 4.78 is 42.5. The van der Waals surface area contributed by atoms with Crippen LogP contribution in [0.1, 0.15) is 22.5 Å². The van der Waals surface area contributed by atoms with Crippen molar-refractivity contribution in [3.8, 4) is 16.6 Å². The number of thiazole rings is 1.